The van der Waals surface area contributed by atoms with Crippen molar-refractivity contribution in [3.05, 3.63) is 18.2 Å². The summed E-state index contributed by atoms with van der Waals surface area (Å²) in [5.74, 6) is 0. The van der Waals surface area contributed by atoms with Gasteiger partial charge in [-0.05, 0) is 34.4 Å². The molecule has 0 atom stereocenters. The number of fused-ring (bicyclic) bond motifs is 1. The summed E-state index contributed by atoms with van der Waals surface area (Å²) in [5, 5.41) is 7.93. The molecule has 3 heterocycles. The molecule has 2 saturated heterocycles. The zero-order valence-electron chi connectivity index (χ0n) is 13.8. The predicted molar refractivity (Wildman–Crippen MR) is 92.9 cm³/mol. The molecule has 130 valence electrons. The fourth-order valence-corrected chi connectivity index (χ4v) is 4.14. The minimum absolute atomic E-state index is 0.823. The molecule has 0 saturated carbocycles. The molecular weight excluding hydrogens is 326 g/mol. The summed E-state index contributed by atoms with van der Waals surface area (Å²) in [7, 11) is 0. The summed E-state index contributed by atoms with van der Waals surface area (Å²) >= 11 is 1.76. The average Bonchev–Trinajstić information content (AvgIpc) is 3.12. The van der Waals surface area contributed by atoms with Gasteiger partial charge in [-0.15, -0.1) is 0 Å². The number of hydrogen-bond donors (Lipinski definition) is 0. The summed E-state index contributed by atoms with van der Waals surface area (Å²) in [6, 6.07) is 6.02. The fraction of sp³-hybridized carbons (Fsp3) is 0.625. The molecule has 8 heteroatoms. The zero-order valence-corrected chi connectivity index (χ0v) is 14.6. The second-order valence-corrected chi connectivity index (χ2v) is 7.34. The van der Waals surface area contributed by atoms with E-state index in [0.29, 0.717) is 0 Å². The Bertz CT molecular complexity index is 653. The highest BCUT2D eigenvalue weighted by Gasteiger charge is 2.20. The van der Waals surface area contributed by atoms with Gasteiger partial charge in [0.05, 0.1) is 18.1 Å². The largest absolute Gasteiger partial charge is 0.379 e. The van der Waals surface area contributed by atoms with Gasteiger partial charge in [-0.1, -0.05) is 6.07 Å². The topological polar surface area (TPSA) is 57.9 Å². The number of ether oxygens (including phenoxy) is 1. The van der Waals surface area contributed by atoms with E-state index in [1.807, 2.05) is 12.1 Å². The lowest BCUT2D eigenvalue weighted by molar-refractivity contribution is 0.0318. The molecule has 0 amide bonds. The van der Waals surface area contributed by atoms with Crippen molar-refractivity contribution < 1.29 is 9.37 Å². The number of nitrogens with zero attached hydrogens (tertiary/aromatic N) is 5. The summed E-state index contributed by atoms with van der Waals surface area (Å²) in [5.41, 5.74) is 1.68. The molecule has 24 heavy (non-hydrogen) atoms. The third-order valence-corrected chi connectivity index (χ3v) is 5.79. The van der Waals surface area contributed by atoms with E-state index in [0.717, 1.165) is 81.5 Å². The Hall–Kier alpha value is -1.19. The van der Waals surface area contributed by atoms with Gasteiger partial charge >= 0.3 is 0 Å². The van der Waals surface area contributed by atoms with E-state index < -0.39 is 0 Å². The van der Waals surface area contributed by atoms with E-state index >= 15 is 0 Å². The van der Waals surface area contributed by atoms with E-state index in [-0.39, 0.29) is 0 Å². The summed E-state index contributed by atoms with van der Waals surface area (Å²) in [6.45, 7) is 10.6. The summed E-state index contributed by atoms with van der Waals surface area (Å²) in [4.78, 5) is 6.18. The Morgan fingerprint density at radius 2 is 1.67 bits per heavy atom. The minimum Gasteiger partial charge on any atom is -0.379 e. The van der Waals surface area contributed by atoms with Crippen molar-refractivity contribution in [2.24, 2.45) is 0 Å². The van der Waals surface area contributed by atoms with Gasteiger partial charge < -0.3 is 4.74 Å². The molecule has 0 bridgehead atoms. The van der Waals surface area contributed by atoms with E-state index in [1.54, 1.807) is 11.9 Å². The quantitative estimate of drug-likeness (QED) is 0.746. The van der Waals surface area contributed by atoms with Crippen molar-refractivity contribution in [1.82, 2.24) is 24.4 Å². The van der Waals surface area contributed by atoms with Gasteiger partial charge in [-0.25, -0.2) is 8.93 Å². The first-order valence-electron chi connectivity index (χ1n) is 8.55. The van der Waals surface area contributed by atoms with Gasteiger partial charge in [0.25, 0.3) is 0 Å². The van der Waals surface area contributed by atoms with Crippen molar-refractivity contribution in [1.29, 1.82) is 0 Å². The normalized spacial score (nSPS) is 21.5. The Morgan fingerprint density at radius 3 is 2.46 bits per heavy atom. The highest BCUT2D eigenvalue weighted by molar-refractivity contribution is 7.97. The minimum atomic E-state index is 0.823. The van der Waals surface area contributed by atoms with Crippen LogP contribution in [0, 0.1) is 0 Å². The van der Waals surface area contributed by atoms with Gasteiger partial charge in [0, 0.05) is 52.4 Å². The molecule has 2 fully saturated rings. The zero-order chi connectivity index (χ0) is 16.2. The number of benzene rings is 1. The van der Waals surface area contributed by atoms with Crippen LogP contribution in [0.25, 0.3) is 11.0 Å². The number of morpholine rings is 1. The van der Waals surface area contributed by atoms with E-state index in [2.05, 4.69) is 30.5 Å². The molecule has 2 aliphatic heterocycles. The fourth-order valence-electron chi connectivity index (χ4n) is 3.15. The second kappa shape index (κ2) is 7.79. The highest BCUT2D eigenvalue weighted by Crippen LogP contribution is 2.29. The van der Waals surface area contributed by atoms with Crippen molar-refractivity contribution in [3.63, 3.8) is 0 Å². The van der Waals surface area contributed by atoms with Gasteiger partial charge in [-0.3, -0.25) is 9.80 Å². The van der Waals surface area contributed by atoms with Crippen LogP contribution in [-0.2, 0) is 4.74 Å². The van der Waals surface area contributed by atoms with Crippen LogP contribution in [0.5, 0.6) is 0 Å². The van der Waals surface area contributed by atoms with E-state index in [1.165, 1.54) is 0 Å². The van der Waals surface area contributed by atoms with Crippen molar-refractivity contribution >= 4 is 23.0 Å². The lowest BCUT2D eigenvalue weighted by atomic mass is 10.3. The Morgan fingerprint density at radius 1 is 0.917 bits per heavy atom. The molecule has 0 N–H and O–H groups in total. The third-order valence-electron chi connectivity index (χ3n) is 4.64. The Labute approximate surface area is 146 Å². The maximum atomic E-state index is 5.41. The van der Waals surface area contributed by atoms with Crippen LogP contribution < -0.4 is 0 Å². The van der Waals surface area contributed by atoms with Crippen molar-refractivity contribution in [2.45, 2.75) is 4.90 Å². The molecule has 0 radical (unpaired) electrons. The van der Waals surface area contributed by atoms with Gasteiger partial charge in [0.2, 0.25) is 0 Å². The van der Waals surface area contributed by atoms with Crippen LogP contribution in [0.3, 0.4) is 0 Å². The van der Waals surface area contributed by atoms with Crippen LogP contribution in [0.2, 0.25) is 0 Å². The SMILES string of the molecule is c1cc(SN2CCN(CCN3CCOCC3)CC2)c2nonc2c1. The monoisotopic (exact) mass is 349 g/mol. The molecule has 0 unspecified atom stereocenters. The summed E-state index contributed by atoms with van der Waals surface area (Å²) in [6.07, 6.45) is 0. The molecular formula is C16H23N5O2S. The first-order chi connectivity index (χ1) is 11.9. The third kappa shape index (κ3) is 3.89. The average molecular weight is 349 g/mol. The number of hydrogen-bond acceptors (Lipinski definition) is 8. The van der Waals surface area contributed by atoms with E-state index in [4.69, 9.17) is 9.37 Å². The molecule has 2 aromatic rings. The molecule has 7 nitrogen and oxygen atoms in total. The van der Waals surface area contributed by atoms with E-state index in [9.17, 15) is 0 Å². The van der Waals surface area contributed by atoms with Crippen LogP contribution in [0.15, 0.2) is 27.7 Å². The van der Waals surface area contributed by atoms with Gasteiger partial charge in [0.1, 0.15) is 11.0 Å². The maximum Gasteiger partial charge on any atom is 0.150 e. The lowest BCUT2D eigenvalue weighted by Crippen LogP contribution is -2.47. The van der Waals surface area contributed by atoms with Gasteiger partial charge in [-0.2, -0.15) is 0 Å². The van der Waals surface area contributed by atoms with Crippen LogP contribution in [0.4, 0.5) is 0 Å². The molecule has 1 aromatic carbocycles. The van der Waals surface area contributed by atoms with Crippen molar-refractivity contribution in [3.8, 4) is 0 Å². The number of rotatable bonds is 5. The first-order valence-corrected chi connectivity index (χ1v) is 9.32. The molecule has 1 aromatic heterocycles. The first kappa shape index (κ1) is 16.3. The van der Waals surface area contributed by atoms with Crippen LogP contribution in [-0.4, -0.2) is 90.0 Å². The van der Waals surface area contributed by atoms with Crippen molar-refractivity contribution in [2.75, 3.05) is 65.6 Å². The molecule has 0 aliphatic carbocycles. The predicted octanol–water partition coefficient (Wildman–Crippen LogP) is 1.18. The summed E-state index contributed by atoms with van der Waals surface area (Å²) < 4.78 is 12.7. The Balaban J connectivity index is 1.25. The number of piperazine rings is 1. The smallest absolute Gasteiger partial charge is 0.150 e. The Kier molecular flexibility index (Phi) is 5.29. The molecule has 0 spiro atoms. The van der Waals surface area contributed by atoms with Gasteiger partial charge in [0.15, 0.2) is 0 Å². The molecule has 2 aliphatic rings. The van der Waals surface area contributed by atoms with Crippen LogP contribution in [0.1, 0.15) is 0 Å². The second-order valence-electron chi connectivity index (χ2n) is 6.20. The highest BCUT2D eigenvalue weighted by atomic mass is 32.2. The maximum absolute atomic E-state index is 5.41. The lowest BCUT2D eigenvalue weighted by Gasteiger charge is -2.35. The standard InChI is InChI=1S/C16H23N5O2S/c1-2-14-16(18-23-17-14)15(3-1)24-21-8-6-19(7-9-21)4-5-20-10-12-22-13-11-20/h1-3H,4-13H2. The number of aromatic nitrogens is 2. The van der Waals surface area contributed by atoms with Crippen LogP contribution >= 0.6 is 11.9 Å². The molecule has 4 rings (SSSR count).